The first-order valence-corrected chi connectivity index (χ1v) is 5.16. The summed E-state index contributed by atoms with van der Waals surface area (Å²) in [6.07, 6.45) is 3.34. The van der Waals surface area contributed by atoms with Gasteiger partial charge >= 0.3 is 6.09 Å². The molecule has 0 fully saturated rings. The lowest BCUT2D eigenvalue weighted by Crippen LogP contribution is -2.37. The molecule has 0 atom stereocenters. The van der Waals surface area contributed by atoms with Gasteiger partial charge in [-0.2, -0.15) is 0 Å². The normalized spacial score (nSPS) is 10.1. The average molecular weight is 246 g/mol. The van der Waals surface area contributed by atoms with E-state index < -0.39 is 18.5 Å². The largest absolute Gasteiger partial charge is 0.452 e. The van der Waals surface area contributed by atoms with Crippen molar-refractivity contribution in [2.75, 3.05) is 13.7 Å². The molecule has 5 heteroatoms. The van der Waals surface area contributed by atoms with Crippen LogP contribution in [0.3, 0.4) is 0 Å². The van der Waals surface area contributed by atoms with E-state index in [1.54, 1.807) is 18.2 Å². The van der Waals surface area contributed by atoms with Gasteiger partial charge in [-0.15, -0.1) is 0 Å². The molecule has 0 saturated heterocycles. The average Bonchev–Trinajstić information content (AvgIpc) is 2.42. The van der Waals surface area contributed by atoms with Crippen LogP contribution in [0.1, 0.15) is 5.56 Å². The van der Waals surface area contributed by atoms with Gasteiger partial charge in [-0.3, -0.25) is 9.59 Å². The maximum atomic E-state index is 11.7. The highest BCUT2D eigenvalue weighted by Crippen LogP contribution is 2.02. The molecule has 0 N–H and O–H groups in total. The van der Waals surface area contributed by atoms with E-state index in [0.717, 1.165) is 12.7 Å². The highest BCUT2D eigenvalue weighted by molar-refractivity contribution is 6.02. The molecular formula is C13H12NO4. The number of nitrogens with zero attached hydrogens (tertiary/aromatic N) is 1. The van der Waals surface area contributed by atoms with Crippen LogP contribution in [0.2, 0.25) is 0 Å². The molecule has 0 aliphatic rings. The molecule has 0 aliphatic carbocycles. The van der Waals surface area contributed by atoms with Crippen LogP contribution in [0.5, 0.6) is 0 Å². The van der Waals surface area contributed by atoms with Crippen molar-refractivity contribution >= 4 is 24.4 Å². The minimum atomic E-state index is -0.888. The molecule has 0 aliphatic heterocycles. The maximum absolute atomic E-state index is 11.7. The van der Waals surface area contributed by atoms with E-state index in [-0.39, 0.29) is 0 Å². The third-order valence-corrected chi connectivity index (χ3v) is 2.10. The van der Waals surface area contributed by atoms with Gasteiger partial charge in [0.25, 0.3) is 5.91 Å². The molecule has 93 valence electrons. The Bertz CT molecular complexity index is 453. The second-order valence-electron chi connectivity index (χ2n) is 3.28. The standard InChI is InChI=1S/C13H12NO4/c1-18-13(17)14(9-10-15)12(16)8-7-11-5-3-2-4-6-11/h2-8H,9H2,1H3/b8-7+. The van der Waals surface area contributed by atoms with Crippen molar-refractivity contribution in [3.05, 3.63) is 42.0 Å². The first-order valence-electron chi connectivity index (χ1n) is 5.16. The highest BCUT2D eigenvalue weighted by atomic mass is 16.5. The molecule has 0 heterocycles. The number of carbonyl (C=O) groups excluding carboxylic acids is 3. The number of benzene rings is 1. The number of carbonyl (C=O) groups is 2. The summed E-state index contributed by atoms with van der Waals surface area (Å²) >= 11 is 0. The van der Waals surface area contributed by atoms with Crippen LogP contribution in [-0.2, 0) is 14.3 Å². The van der Waals surface area contributed by atoms with Gasteiger partial charge in [0.1, 0.15) is 0 Å². The summed E-state index contributed by atoms with van der Waals surface area (Å²) in [5.41, 5.74) is 0.811. The lowest BCUT2D eigenvalue weighted by atomic mass is 10.2. The number of methoxy groups -OCH3 is 1. The fraction of sp³-hybridized carbons (Fsp3) is 0.154. The molecule has 0 spiro atoms. The second kappa shape index (κ2) is 7.01. The molecule has 1 rings (SSSR count). The third-order valence-electron chi connectivity index (χ3n) is 2.10. The van der Waals surface area contributed by atoms with Crippen molar-refractivity contribution in [1.29, 1.82) is 0 Å². The molecule has 2 amide bonds. The number of rotatable bonds is 4. The van der Waals surface area contributed by atoms with Crippen LogP contribution in [0.25, 0.3) is 6.08 Å². The van der Waals surface area contributed by atoms with E-state index in [4.69, 9.17) is 0 Å². The van der Waals surface area contributed by atoms with Crippen LogP contribution < -0.4 is 0 Å². The first-order chi connectivity index (χ1) is 8.69. The van der Waals surface area contributed by atoms with Gasteiger partial charge in [-0.1, -0.05) is 30.3 Å². The summed E-state index contributed by atoms with van der Waals surface area (Å²) in [6.45, 7) is -0.454. The Morgan fingerprint density at radius 1 is 1.33 bits per heavy atom. The van der Waals surface area contributed by atoms with E-state index in [2.05, 4.69) is 4.74 Å². The maximum Gasteiger partial charge on any atom is 0.416 e. The molecule has 1 radical (unpaired) electrons. The first kappa shape index (κ1) is 13.6. The van der Waals surface area contributed by atoms with Crippen LogP contribution in [-0.4, -0.2) is 36.8 Å². The minimum absolute atomic E-state index is 0.454. The second-order valence-corrected chi connectivity index (χ2v) is 3.28. The summed E-state index contributed by atoms with van der Waals surface area (Å²) in [4.78, 5) is 33.8. The van der Waals surface area contributed by atoms with Crippen molar-refractivity contribution in [2.24, 2.45) is 0 Å². The van der Waals surface area contributed by atoms with Crippen LogP contribution in [0.15, 0.2) is 36.4 Å². The number of amides is 2. The predicted octanol–water partition coefficient (Wildman–Crippen LogP) is 1.40. The van der Waals surface area contributed by atoms with Crippen molar-refractivity contribution in [3.8, 4) is 0 Å². The Balaban J connectivity index is 2.75. The summed E-state index contributed by atoms with van der Waals surface area (Å²) in [5, 5.41) is 0. The Kier molecular flexibility index (Phi) is 5.31. The van der Waals surface area contributed by atoms with Gasteiger partial charge < -0.3 is 4.74 Å². The molecular weight excluding hydrogens is 234 g/mol. The number of imide groups is 1. The molecule has 1 aromatic rings. The Labute approximate surface area is 105 Å². The van der Waals surface area contributed by atoms with Crippen molar-refractivity contribution in [2.45, 2.75) is 0 Å². The van der Waals surface area contributed by atoms with E-state index in [9.17, 15) is 14.4 Å². The molecule has 1 aromatic carbocycles. The molecule has 0 bridgehead atoms. The van der Waals surface area contributed by atoms with E-state index in [0.29, 0.717) is 4.90 Å². The molecule has 18 heavy (non-hydrogen) atoms. The van der Waals surface area contributed by atoms with E-state index in [1.165, 1.54) is 12.4 Å². The zero-order chi connectivity index (χ0) is 13.4. The van der Waals surface area contributed by atoms with Crippen molar-refractivity contribution < 1.29 is 19.1 Å². The number of ether oxygens (including phenoxy) is 1. The topological polar surface area (TPSA) is 63.7 Å². The van der Waals surface area contributed by atoms with Gasteiger partial charge in [-0.25, -0.2) is 9.69 Å². The third kappa shape index (κ3) is 3.86. The van der Waals surface area contributed by atoms with Gasteiger partial charge in [0, 0.05) is 6.08 Å². The predicted molar refractivity (Wildman–Crippen MR) is 65.3 cm³/mol. The monoisotopic (exact) mass is 246 g/mol. The highest BCUT2D eigenvalue weighted by Gasteiger charge is 2.19. The molecule has 0 aromatic heterocycles. The van der Waals surface area contributed by atoms with E-state index >= 15 is 0 Å². The van der Waals surface area contributed by atoms with Gasteiger partial charge in [0.2, 0.25) is 6.29 Å². The molecule has 0 saturated carbocycles. The summed E-state index contributed by atoms with van der Waals surface area (Å²) < 4.78 is 4.39. The Morgan fingerprint density at radius 2 is 2.00 bits per heavy atom. The van der Waals surface area contributed by atoms with Crippen LogP contribution in [0.4, 0.5) is 4.79 Å². The fourth-order valence-corrected chi connectivity index (χ4v) is 1.23. The van der Waals surface area contributed by atoms with Gasteiger partial charge in [-0.05, 0) is 11.6 Å². The minimum Gasteiger partial charge on any atom is -0.452 e. The quantitative estimate of drug-likeness (QED) is 0.753. The zero-order valence-electron chi connectivity index (χ0n) is 9.83. The fourth-order valence-electron chi connectivity index (χ4n) is 1.23. The Hall–Kier alpha value is -2.43. The SMILES string of the molecule is COC(=O)N(C[C]=O)C(=O)/C=C/c1ccccc1. The molecule has 5 nitrogen and oxygen atoms in total. The van der Waals surface area contributed by atoms with Crippen LogP contribution >= 0.6 is 0 Å². The van der Waals surface area contributed by atoms with Gasteiger partial charge in [0.15, 0.2) is 0 Å². The summed E-state index contributed by atoms with van der Waals surface area (Å²) in [6, 6.07) is 9.10. The lowest BCUT2D eigenvalue weighted by Gasteiger charge is -2.13. The number of hydrogen-bond donors (Lipinski definition) is 0. The summed E-state index contributed by atoms with van der Waals surface area (Å²) in [7, 11) is 1.13. The van der Waals surface area contributed by atoms with E-state index in [1.807, 2.05) is 18.2 Å². The Morgan fingerprint density at radius 3 is 2.56 bits per heavy atom. The number of hydrogen-bond acceptors (Lipinski definition) is 4. The summed E-state index contributed by atoms with van der Waals surface area (Å²) in [5.74, 6) is -0.631. The van der Waals surface area contributed by atoms with Crippen LogP contribution in [0, 0.1) is 0 Å². The lowest BCUT2D eigenvalue weighted by molar-refractivity contribution is -0.123. The molecule has 0 unspecified atom stereocenters. The zero-order valence-corrected chi connectivity index (χ0v) is 9.83. The van der Waals surface area contributed by atoms with Crippen molar-refractivity contribution in [3.63, 3.8) is 0 Å². The smallest absolute Gasteiger partial charge is 0.416 e. The van der Waals surface area contributed by atoms with Crippen molar-refractivity contribution in [1.82, 2.24) is 4.90 Å². The van der Waals surface area contributed by atoms with Gasteiger partial charge in [0.05, 0.1) is 13.7 Å².